The van der Waals surface area contributed by atoms with Crippen LogP contribution >= 0.6 is 34.6 Å². The molecule has 0 bridgehead atoms. The number of aliphatic carboxylic acids is 1. The molecule has 0 aliphatic carbocycles. The maximum atomic E-state index is 15.1. The molecule has 2 aromatic heterocycles. The zero-order chi connectivity index (χ0) is 48.1. The van der Waals surface area contributed by atoms with Gasteiger partial charge in [0, 0.05) is 32.7 Å². The fraction of sp³-hybridized carbons (Fsp3) is 0.109. The zero-order valence-corrected chi connectivity index (χ0v) is 39.9. The quantitative estimate of drug-likeness (QED) is 0.0368. The van der Waals surface area contributed by atoms with Crippen LogP contribution in [0.4, 0.5) is 5.13 Å². The second-order valence-corrected chi connectivity index (χ2v) is 19.3. The van der Waals surface area contributed by atoms with Gasteiger partial charge in [0.1, 0.15) is 34.0 Å². The first-order valence-electron chi connectivity index (χ1n) is 22.3. The van der Waals surface area contributed by atoms with Crippen LogP contribution in [0.25, 0.3) is 6.08 Å². The Labute approximate surface area is 416 Å². The van der Waals surface area contributed by atoms with E-state index in [0.29, 0.717) is 16.4 Å². The third kappa shape index (κ3) is 8.59. The van der Waals surface area contributed by atoms with Crippen molar-refractivity contribution in [1.82, 2.24) is 24.8 Å². The number of thiazole rings is 1. The number of allylic oxidation sites excluding steroid dienone is 1. The Morgan fingerprint density at radius 2 is 1.21 bits per heavy atom. The molecule has 4 heterocycles. The molecule has 1 unspecified atom stereocenters. The summed E-state index contributed by atoms with van der Waals surface area (Å²) in [5.41, 5.74) is 3.71. The van der Waals surface area contributed by atoms with Crippen molar-refractivity contribution in [3.63, 3.8) is 0 Å². The number of carboxylic acids is 1. The molecule has 1 saturated heterocycles. The number of aromatic nitrogens is 3. The van der Waals surface area contributed by atoms with E-state index >= 15 is 4.79 Å². The third-order valence-corrected chi connectivity index (χ3v) is 15.0. The average molecular weight is 978 g/mol. The van der Waals surface area contributed by atoms with E-state index in [9.17, 15) is 14.7 Å². The maximum Gasteiger partial charge on any atom is 0.352 e. The topological polar surface area (TPSA) is 159 Å². The highest BCUT2D eigenvalue weighted by Gasteiger charge is 2.54. The van der Waals surface area contributed by atoms with E-state index in [1.807, 2.05) is 153 Å². The highest BCUT2D eigenvalue weighted by Crippen LogP contribution is 2.44. The van der Waals surface area contributed by atoms with Crippen LogP contribution in [0.2, 0.25) is 0 Å². The van der Waals surface area contributed by atoms with Gasteiger partial charge in [-0.2, -0.15) is 0 Å². The Morgan fingerprint density at radius 1 is 0.729 bits per heavy atom. The van der Waals surface area contributed by atoms with Gasteiger partial charge in [-0.15, -0.1) is 28.2 Å². The number of carbonyl (C=O) groups is 3. The second-order valence-electron chi connectivity index (χ2n) is 16.4. The van der Waals surface area contributed by atoms with Crippen molar-refractivity contribution in [1.29, 1.82) is 0 Å². The van der Waals surface area contributed by atoms with Gasteiger partial charge in [0.2, 0.25) is 5.60 Å². The van der Waals surface area contributed by atoms with Crippen LogP contribution in [0, 0.1) is 6.92 Å². The summed E-state index contributed by atoms with van der Waals surface area (Å²) in [6.45, 7) is 1.87. The van der Waals surface area contributed by atoms with Crippen molar-refractivity contribution in [2.45, 2.75) is 29.5 Å². The number of carbonyl (C=O) groups excluding carboxylic acids is 2. The van der Waals surface area contributed by atoms with Crippen LogP contribution in [0.1, 0.15) is 49.6 Å². The molecule has 10 rings (SSSR count). The van der Waals surface area contributed by atoms with E-state index in [2.05, 4.69) is 56.6 Å². The fourth-order valence-electron chi connectivity index (χ4n) is 8.93. The van der Waals surface area contributed by atoms with Crippen LogP contribution in [0.5, 0.6) is 0 Å². The number of oxime groups is 1. The van der Waals surface area contributed by atoms with E-state index in [1.54, 1.807) is 17.5 Å². The van der Waals surface area contributed by atoms with Crippen molar-refractivity contribution < 1.29 is 24.3 Å². The maximum absolute atomic E-state index is 15.1. The van der Waals surface area contributed by atoms with Crippen molar-refractivity contribution >= 4 is 69.3 Å². The Morgan fingerprint density at radius 3 is 1.67 bits per heavy atom. The summed E-state index contributed by atoms with van der Waals surface area (Å²) in [7, 11) is 0. The molecule has 2 amide bonds. The van der Waals surface area contributed by atoms with Gasteiger partial charge in [-0.1, -0.05) is 198 Å². The number of anilines is 1. The normalized spacial score (nSPS) is 16.1. The van der Waals surface area contributed by atoms with Gasteiger partial charge >= 0.3 is 5.97 Å². The van der Waals surface area contributed by atoms with E-state index < -0.39 is 40.3 Å². The van der Waals surface area contributed by atoms with E-state index in [4.69, 9.17) is 15.0 Å². The van der Waals surface area contributed by atoms with Crippen LogP contribution in [0.3, 0.4) is 0 Å². The minimum absolute atomic E-state index is 0.152. The molecule has 2 aliphatic rings. The molecule has 1 fully saturated rings. The van der Waals surface area contributed by atoms with E-state index in [1.165, 1.54) is 39.5 Å². The molecule has 346 valence electrons. The molecular weight excluding hydrogens is 935 g/mol. The number of hydrogen-bond donors (Lipinski definition) is 3. The number of thioether (sulfide) groups is 1. The second kappa shape index (κ2) is 19.9. The molecule has 0 spiro atoms. The van der Waals surface area contributed by atoms with Crippen LogP contribution in [-0.2, 0) is 30.4 Å². The van der Waals surface area contributed by atoms with Gasteiger partial charge < -0.3 is 20.6 Å². The van der Waals surface area contributed by atoms with Gasteiger partial charge in [-0.25, -0.2) is 9.78 Å². The number of hydrogen-bond acceptors (Lipinski definition) is 12. The molecular formula is C55H43N7O5S3. The van der Waals surface area contributed by atoms with Crippen molar-refractivity contribution in [3.8, 4) is 0 Å². The predicted molar refractivity (Wildman–Crippen MR) is 275 cm³/mol. The summed E-state index contributed by atoms with van der Waals surface area (Å²) in [5.74, 6) is -2.31. The first-order chi connectivity index (χ1) is 34.3. The lowest BCUT2D eigenvalue weighted by Gasteiger charge is -2.49. The molecule has 6 aromatic carbocycles. The predicted octanol–water partition coefficient (Wildman–Crippen LogP) is 9.87. The third-order valence-electron chi connectivity index (χ3n) is 12.3. The summed E-state index contributed by atoms with van der Waals surface area (Å²) in [6, 6.07) is 58.2. The summed E-state index contributed by atoms with van der Waals surface area (Å²) in [6.07, 6.45) is 3.36. The monoisotopic (exact) mass is 977 g/mol. The molecule has 8 aromatic rings. The SMILES string of the molecule is Cc1snnc1/C=C\C1=C(C(=O)O)N2C(=O)C(NC(=O)/C(=N\OC(c3ccccc3)(c3ccccc3)c3ccccc3)c3csc(NC(c4ccccc4)(c4ccccc4)c4ccccc4)n3)[C@@H]2SC1. The number of nitrogens with one attached hydrogen (secondary N) is 2. The van der Waals surface area contributed by atoms with Crippen LogP contribution in [-0.4, -0.2) is 65.2 Å². The molecule has 2 atom stereocenters. The molecule has 2 aliphatic heterocycles. The Kier molecular flexibility index (Phi) is 13.0. The van der Waals surface area contributed by atoms with Crippen LogP contribution in [0.15, 0.2) is 210 Å². The number of amides is 2. The molecule has 3 N–H and O–H groups in total. The highest BCUT2D eigenvalue weighted by molar-refractivity contribution is 8.00. The number of rotatable bonds is 16. The van der Waals surface area contributed by atoms with E-state index in [-0.39, 0.29) is 22.9 Å². The number of nitrogens with zero attached hydrogens (tertiary/aromatic N) is 5. The van der Waals surface area contributed by atoms with Gasteiger partial charge in [-0.3, -0.25) is 14.5 Å². The number of fused-ring (bicyclic) bond motifs is 1. The lowest BCUT2D eigenvalue weighted by molar-refractivity contribution is -0.150. The fourth-order valence-corrected chi connectivity index (χ4v) is 11.5. The number of carboxylic acid groups (broad SMARTS) is 1. The Balaban J connectivity index is 1.07. The molecule has 0 radical (unpaired) electrons. The van der Waals surface area contributed by atoms with E-state index in [0.717, 1.165) is 38.3 Å². The van der Waals surface area contributed by atoms with Gasteiger partial charge in [0.25, 0.3) is 11.8 Å². The number of benzene rings is 6. The first-order valence-corrected chi connectivity index (χ1v) is 25.0. The number of β-lactam (4-membered cyclic amide) rings is 1. The van der Waals surface area contributed by atoms with Gasteiger partial charge in [0.15, 0.2) is 10.8 Å². The lowest BCUT2D eigenvalue weighted by atomic mass is 9.77. The molecule has 70 heavy (non-hydrogen) atoms. The minimum Gasteiger partial charge on any atom is -0.477 e. The average Bonchev–Trinajstić information content (AvgIpc) is 4.06. The van der Waals surface area contributed by atoms with Crippen molar-refractivity contribution in [2.24, 2.45) is 5.16 Å². The summed E-state index contributed by atoms with van der Waals surface area (Å²) >= 11 is 3.88. The Bertz CT molecular complexity index is 3050. The molecule has 15 heteroatoms. The van der Waals surface area contributed by atoms with Crippen molar-refractivity contribution in [2.75, 3.05) is 11.1 Å². The number of aryl methyl sites for hydroxylation is 1. The highest BCUT2D eigenvalue weighted by atomic mass is 32.2. The minimum atomic E-state index is -1.37. The Hall–Kier alpha value is -7.98. The van der Waals surface area contributed by atoms with Gasteiger partial charge in [0.05, 0.1) is 0 Å². The zero-order valence-electron chi connectivity index (χ0n) is 37.5. The van der Waals surface area contributed by atoms with Gasteiger partial charge in [-0.05, 0) is 46.8 Å². The molecule has 0 saturated carbocycles. The smallest absolute Gasteiger partial charge is 0.352 e. The van der Waals surface area contributed by atoms with Crippen molar-refractivity contribution in [3.05, 3.63) is 254 Å². The lowest BCUT2D eigenvalue weighted by Crippen LogP contribution is -2.71. The van der Waals surface area contributed by atoms with Crippen LogP contribution < -0.4 is 10.6 Å². The summed E-state index contributed by atoms with van der Waals surface area (Å²) in [4.78, 5) is 56.1. The summed E-state index contributed by atoms with van der Waals surface area (Å²) in [5, 5.41) is 27.6. The largest absolute Gasteiger partial charge is 0.477 e. The standard InChI is InChI=1S/C55H43N7O5S3/c1-36-44(59-61-70-36)33-32-37-34-68-51-47(50(64)62(51)48(37)52(65)66)57-49(63)46(60-67-55(41-26-14-5-15-27-41,42-28-16-6-17-29-42)43-30-18-7-19-31-43)45-35-69-53(56-45)58-54(38-20-8-2-9-21-38,39-22-10-3-11-23-39)40-24-12-4-13-25-40/h2-33,35,47,51H,34H2,1H3,(H,56,58)(H,57,63)(H,65,66)/b33-32-,60-46-/t47?,51-/m0/s1. The summed E-state index contributed by atoms with van der Waals surface area (Å²) < 4.78 is 3.96. The first kappa shape index (κ1) is 45.8. The molecule has 12 nitrogen and oxygen atoms in total.